The Labute approximate surface area is 91.1 Å². The molecule has 0 unspecified atom stereocenters. The zero-order valence-electron chi connectivity index (χ0n) is 8.83. The van der Waals surface area contributed by atoms with E-state index in [4.69, 9.17) is 0 Å². The second kappa shape index (κ2) is 3.85. The molecule has 2 rings (SSSR count). The molecule has 0 aliphatic rings. The van der Waals surface area contributed by atoms with Crippen molar-refractivity contribution in [3.05, 3.63) is 30.1 Å². The Kier molecular flexibility index (Phi) is 2.65. The normalized spacial score (nSPS) is 12.2. The summed E-state index contributed by atoms with van der Waals surface area (Å²) in [4.78, 5) is 4.19. The maximum atomic E-state index is 12.5. The smallest absolute Gasteiger partial charge is 0.448 e. The highest BCUT2D eigenvalue weighted by Gasteiger charge is 2.25. The fourth-order valence-corrected chi connectivity index (χ4v) is 1.81. The van der Waals surface area contributed by atoms with E-state index >= 15 is 0 Å². The Balaban J connectivity index is 2.56. The molecule has 2 aromatic rings. The number of fused-ring (bicyclic) bond motifs is 1. The van der Waals surface area contributed by atoms with E-state index in [2.05, 4.69) is 4.98 Å². The number of benzene rings is 1. The monoisotopic (exact) mass is 227 g/mol. The lowest BCUT2D eigenvalue weighted by molar-refractivity contribution is 0.445. The molecule has 0 atom stereocenters. The van der Waals surface area contributed by atoms with Gasteiger partial charge < -0.3 is 17.5 Å². The van der Waals surface area contributed by atoms with Crippen molar-refractivity contribution in [2.75, 3.05) is 0 Å². The highest BCUT2D eigenvalue weighted by atomic mass is 19.4. The van der Waals surface area contributed by atoms with Gasteiger partial charge in [0.25, 0.3) is 0 Å². The SMILES string of the molecule is CCc1nc2ccccc2n1C[B-](F)(F)F. The van der Waals surface area contributed by atoms with Crippen molar-refractivity contribution in [2.24, 2.45) is 0 Å². The van der Waals surface area contributed by atoms with Gasteiger partial charge >= 0.3 is 6.98 Å². The van der Waals surface area contributed by atoms with Crippen LogP contribution >= 0.6 is 0 Å². The number of hydrogen-bond acceptors (Lipinski definition) is 1. The van der Waals surface area contributed by atoms with Crippen LogP contribution in [0, 0.1) is 0 Å². The summed E-state index contributed by atoms with van der Waals surface area (Å²) < 4.78 is 38.7. The minimum atomic E-state index is -4.84. The van der Waals surface area contributed by atoms with Crippen LogP contribution in [0.3, 0.4) is 0 Å². The lowest BCUT2D eigenvalue weighted by Crippen LogP contribution is -2.25. The molecule has 0 N–H and O–H groups in total. The Hall–Kier alpha value is -1.46. The van der Waals surface area contributed by atoms with Crippen molar-refractivity contribution in [3.8, 4) is 0 Å². The van der Waals surface area contributed by atoms with Crippen LogP contribution in [0.5, 0.6) is 0 Å². The Morgan fingerprint density at radius 1 is 1.25 bits per heavy atom. The van der Waals surface area contributed by atoms with Crippen molar-refractivity contribution in [1.82, 2.24) is 9.55 Å². The number of para-hydroxylation sites is 2. The molecule has 1 aromatic heterocycles. The summed E-state index contributed by atoms with van der Waals surface area (Å²) in [5.41, 5.74) is 1.18. The van der Waals surface area contributed by atoms with E-state index in [0.29, 0.717) is 23.3 Å². The number of aryl methyl sites for hydroxylation is 1. The first-order valence-electron chi connectivity index (χ1n) is 5.16. The molecule has 86 valence electrons. The molecule has 0 bridgehead atoms. The summed E-state index contributed by atoms with van der Waals surface area (Å²) in [6, 6.07) is 6.90. The minimum Gasteiger partial charge on any atom is -0.448 e. The summed E-state index contributed by atoms with van der Waals surface area (Å²) in [6.07, 6.45) is -0.412. The zero-order chi connectivity index (χ0) is 11.8. The van der Waals surface area contributed by atoms with Gasteiger partial charge in [0.05, 0.1) is 11.0 Å². The van der Waals surface area contributed by atoms with E-state index < -0.39 is 13.4 Å². The Bertz CT molecular complexity index is 504. The number of halogens is 3. The van der Waals surface area contributed by atoms with Crippen molar-refractivity contribution in [3.63, 3.8) is 0 Å². The molecule has 6 heteroatoms. The summed E-state index contributed by atoms with van der Waals surface area (Å²) in [7, 11) is 0. The van der Waals surface area contributed by atoms with Gasteiger partial charge in [-0.3, -0.25) is 0 Å². The predicted molar refractivity (Wildman–Crippen MR) is 58.2 cm³/mol. The van der Waals surface area contributed by atoms with Gasteiger partial charge in [-0.25, -0.2) is 4.98 Å². The molecule has 0 radical (unpaired) electrons. The number of imidazole rings is 1. The highest BCUT2D eigenvalue weighted by molar-refractivity contribution is 6.57. The van der Waals surface area contributed by atoms with E-state index in [9.17, 15) is 12.9 Å². The molecule has 0 aliphatic carbocycles. The first kappa shape index (κ1) is 11.0. The largest absolute Gasteiger partial charge is 0.497 e. The Morgan fingerprint density at radius 2 is 1.94 bits per heavy atom. The van der Waals surface area contributed by atoms with Crippen LogP contribution < -0.4 is 0 Å². The second-order valence-electron chi connectivity index (χ2n) is 3.69. The third kappa shape index (κ3) is 2.05. The lowest BCUT2D eigenvalue weighted by atomic mass is 9.92. The van der Waals surface area contributed by atoms with Crippen LogP contribution in [0.1, 0.15) is 12.7 Å². The average Bonchev–Trinajstić information content (AvgIpc) is 2.55. The molecule has 2 nitrogen and oxygen atoms in total. The van der Waals surface area contributed by atoms with E-state index in [1.165, 1.54) is 4.57 Å². The quantitative estimate of drug-likeness (QED) is 0.737. The molecule has 0 saturated heterocycles. The zero-order valence-corrected chi connectivity index (χ0v) is 8.83. The van der Waals surface area contributed by atoms with Gasteiger partial charge in [0.1, 0.15) is 5.82 Å². The molecular weight excluding hydrogens is 216 g/mol. The molecule has 0 aliphatic heterocycles. The summed E-state index contributed by atoms with van der Waals surface area (Å²) in [5, 5.41) is 0. The van der Waals surface area contributed by atoms with Gasteiger partial charge in [0, 0.05) is 6.42 Å². The van der Waals surface area contributed by atoms with E-state index in [0.717, 1.165) is 0 Å². The predicted octanol–water partition coefficient (Wildman–Crippen LogP) is 2.99. The second-order valence-corrected chi connectivity index (χ2v) is 3.69. The number of hydrogen-bond donors (Lipinski definition) is 0. The van der Waals surface area contributed by atoms with Crippen molar-refractivity contribution in [1.29, 1.82) is 0 Å². The average molecular weight is 227 g/mol. The first-order valence-corrected chi connectivity index (χ1v) is 5.16. The fourth-order valence-electron chi connectivity index (χ4n) is 1.81. The highest BCUT2D eigenvalue weighted by Crippen LogP contribution is 2.20. The van der Waals surface area contributed by atoms with E-state index in [1.807, 2.05) is 0 Å². The molecule has 1 heterocycles. The maximum Gasteiger partial charge on any atom is 0.497 e. The summed E-state index contributed by atoms with van der Waals surface area (Å²) in [6.45, 7) is -3.03. The minimum absolute atomic E-state index is 0.486. The molecule has 0 amide bonds. The van der Waals surface area contributed by atoms with Gasteiger partial charge in [0.15, 0.2) is 0 Å². The summed E-state index contributed by atoms with van der Waals surface area (Å²) >= 11 is 0. The number of nitrogens with zero attached hydrogens (tertiary/aromatic N) is 2. The molecule has 0 saturated carbocycles. The molecule has 16 heavy (non-hydrogen) atoms. The molecule has 0 spiro atoms. The third-order valence-electron chi connectivity index (χ3n) is 2.44. The number of aromatic nitrogens is 2. The van der Waals surface area contributed by atoms with Gasteiger partial charge in [0.2, 0.25) is 0 Å². The molecule has 0 fully saturated rings. The van der Waals surface area contributed by atoms with Crippen LogP contribution in [0.2, 0.25) is 0 Å². The molecule has 1 aromatic carbocycles. The van der Waals surface area contributed by atoms with Gasteiger partial charge in [-0.1, -0.05) is 19.1 Å². The van der Waals surface area contributed by atoms with Gasteiger partial charge in [-0.05, 0) is 18.6 Å². The van der Waals surface area contributed by atoms with Crippen LogP contribution in [0.4, 0.5) is 12.9 Å². The van der Waals surface area contributed by atoms with E-state index in [1.54, 1.807) is 31.2 Å². The molecular formula is C10H11BF3N2-. The standard InChI is InChI=1S/C10H11BF3N2/c1-2-10-15-8-5-3-4-6-9(8)16(10)7-11(12,13)14/h3-6H,2,7H2,1H3/q-1. The summed E-state index contributed by atoms with van der Waals surface area (Å²) in [5.74, 6) is 0.486. The van der Waals surface area contributed by atoms with Crippen molar-refractivity contribution in [2.45, 2.75) is 19.8 Å². The van der Waals surface area contributed by atoms with Crippen molar-refractivity contribution >= 4 is 18.0 Å². The number of rotatable bonds is 3. The Morgan fingerprint density at radius 3 is 2.56 bits per heavy atom. The van der Waals surface area contributed by atoms with Gasteiger partial charge in [-0.2, -0.15) is 0 Å². The van der Waals surface area contributed by atoms with Crippen LogP contribution in [-0.2, 0) is 12.9 Å². The maximum absolute atomic E-state index is 12.5. The van der Waals surface area contributed by atoms with Gasteiger partial charge in [-0.15, -0.1) is 0 Å². The van der Waals surface area contributed by atoms with Crippen LogP contribution in [0.25, 0.3) is 11.0 Å². The van der Waals surface area contributed by atoms with Crippen molar-refractivity contribution < 1.29 is 12.9 Å². The fraction of sp³-hybridized carbons (Fsp3) is 0.300. The third-order valence-corrected chi connectivity index (χ3v) is 2.44. The first-order chi connectivity index (χ1) is 7.51. The lowest BCUT2D eigenvalue weighted by Gasteiger charge is -2.17. The van der Waals surface area contributed by atoms with Crippen LogP contribution in [0.15, 0.2) is 24.3 Å². The topological polar surface area (TPSA) is 17.8 Å². The van der Waals surface area contributed by atoms with Crippen LogP contribution in [-0.4, -0.2) is 16.5 Å². The van der Waals surface area contributed by atoms with E-state index in [-0.39, 0.29) is 0 Å².